The number of hydrogen-bond acceptors (Lipinski definition) is 4. The van der Waals surface area contributed by atoms with Crippen LogP contribution in [0.4, 0.5) is 0 Å². The predicted octanol–water partition coefficient (Wildman–Crippen LogP) is 5.53. The molecule has 0 spiro atoms. The lowest BCUT2D eigenvalue weighted by atomic mass is 10.0. The maximum absolute atomic E-state index is 11.3. The summed E-state index contributed by atoms with van der Waals surface area (Å²) >= 11 is 0. The van der Waals surface area contributed by atoms with Crippen molar-refractivity contribution < 1.29 is 19.1 Å². The SMILES string of the molecule is CC(C)CCCCCCCCCCCCC1OC(=O)CCC(=O)O1. The van der Waals surface area contributed by atoms with Crippen molar-refractivity contribution in [1.82, 2.24) is 0 Å². The molecule has 0 aromatic carbocycles. The first kappa shape index (κ1) is 21.0. The fourth-order valence-electron chi connectivity index (χ4n) is 3.03. The van der Waals surface area contributed by atoms with Gasteiger partial charge in [0.25, 0.3) is 0 Å². The molecule has 4 heteroatoms. The Morgan fingerprint density at radius 2 is 1.17 bits per heavy atom. The molecule has 0 unspecified atom stereocenters. The summed E-state index contributed by atoms with van der Waals surface area (Å²) in [5, 5.41) is 0. The van der Waals surface area contributed by atoms with E-state index in [0.717, 1.165) is 18.8 Å². The van der Waals surface area contributed by atoms with Crippen molar-refractivity contribution in [2.24, 2.45) is 5.92 Å². The summed E-state index contributed by atoms with van der Waals surface area (Å²) in [6.45, 7) is 4.59. The van der Waals surface area contributed by atoms with E-state index in [2.05, 4.69) is 13.8 Å². The molecule has 24 heavy (non-hydrogen) atoms. The highest BCUT2D eigenvalue weighted by molar-refractivity contribution is 5.79. The zero-order valence-electron chi connectivity index (χ0n) is 15.7. The molecular formula is C20H36O4. The van der Waals surface area contributed by atoms with Crippen LogP contribution in [-0.2, 0) is 19.1 Å². The van der Waals surface area contributed by atoms with Crippen LogP contribution in [0.1, 0.15) is 104 Å². The highest BCUT2D eigenvalue weighted by Crippen LogP contribution is 2.17. The van der Waals surface area contributed by atoms with Gasteiger partial charge >= 0.3 is 11.9 Å². The van der Waals surface area contributed by atoms with Crippen molar-refractivity contribution in [2.75, 3.05) is 0 Å². The maximum Gasteiger partial charge on any atom is 0.309 e. The molecule has 0 N–H and O–H groups in total. The quantitative estimate of drug-likeness (QED) is 0.327. The summed E-state index contributed by atoms with van der Waals surface area (Å²) in [5.41, 5.74) is 0. The van der Waals surface area contributed by atoms with Crippen LogP contribution in [0.15, 0.2) is 0 Å². The van der Waals surface area contributed by atoms with Crippen LogP contribution < -0.4 is 0 Å². The molecule has 0 aromatic heterocycles. The average Bonchev–Trinajstić information content (AvgIpc) is 2.69. The summed E-state index contributed by atoms with van der Waals surface area (Å²) in [7, 11) is 0. The summed E-state index contributed by atoms with van der Waals surface area (Å²) in [6, 6.07) is 0. The van der Waals surface area contributed by atoms with Gasteiger partial charge in [0.1, 0.15) is 0 Å². The molecule has 4 nitrogen and oxygen atoms in total. The predicted molar refractivity (Wildman–Crippen MR) is 95.4 cm³/mol. The Bertz CT molecular complexity index is 334. The molecule has 0 atom stereocenters. The van der Waals surface area contributed by atoms with Gasteiger partial charge in [-0.2, -0.15) is 0 Å². The smallest absolute Gasteiger partial charge is 0.309 e. The van der Waals surface area contributed by atoms with Gasteiger partial charge in [-0.05, 0) is 12.3 Å². The van der Waals surface area contributed by atoms with Gasteiger partial charge in [-0.15, -0.1) is 0 Å². The average molecular weight is 341 g/mol. The van der Waals surface area contributed by atoms with Gasteiger partial charge in [0.05, 0.1) is 12.8 Å². The molecule has 1 rings (SSSR count). The molecule has 1 aliphatic heterocycles. The molecular weight excluding hydrogens is 304 g/mol. The third-order valence-electron chi connectivity index (χ3n) is 4.53. The van der Waals surface area contributed by atoms with Gasteiger partial charge in [-0.25, -0.2) is 0 Å². The number of hydrogen-bond donors (Lipinski definition) is 0. The summed E-state index contributed by atoms with van der Waals surface area (Å²) in [5.74, 6) is 0.202. The summed E-state index contributed by atoms with van der Waals surface area (Å²) < 4.78 is 10.2. The molecule has 1 heterocycles. The van der Waals surface area contributed by atoms with E-state index in [-0.39, 0.29) is 24.8 Å². The second-order valence-electron chi connectivity index (χ2n) is 7.42. The van der Waals surface area contributed by atoms with E-state index in [1.54, 1.807) is 0 Å². The Labute approximate surface area is 147 Å². The first-order valence-electron chi connectivity index (χ1n) is 9.97. The zero-order chi connectivity index (χ0) is 17.6. The molecule has 0 saturated carbocycles. The van der Waals surface area contributed by atoms with E-state index < -0.39 is 6.29 Å². The van der Waals surface area contributed by atoms with Crippen molar-refractivity contribution in [1.29, 1.82) is 0 Å². The zero-order valence-corrected chi connectivity index (χ0v) is 15.7. The van der Waals surface area contributed by atoms with Gasteiger partial charge in [0.2, 0.25) is 6.29 Å². The minimum atomic E-state index is -0.654. The highest BCUT2D eigenvalue weighted by atomic mass is 16.7. The number of unbranched alkanes of at least 4 members (excludes halogenated alkanes) is 9. The first-order chi connectivity index (χ1) is 11.6. The number of ether oxygens (including phenoxy) is 2. The van der Waals surface area contributed by atoms with E-state index in [0.29, 0.717) is 6.42 Å². The van der Waals surface area contributed by atoms with Crippen LogP contribution in [0.25, 0.3) is 0 Å². The third kappa shape index (κ3) is 11.5. The fourth-order valence-corrected chi connectivity index (χ4v) is 3.03. The van der Waals surface area contributed by atoms with E-state index in [9.17, 15) is 9.59 Å². The molecule has 0 bridgehead atoms. The monoisotopic (exact) mass is 340 g/mol. The van der Waals surface area contributed by atoms with Gasteiger partial charge in [-0.3, -0.25) is 9.59 Å². The third-order valence-corrected chi connectivity index (χ3v) is 4.53. The van der Waals surface area contributed by atoms with E-state index >= 15 is 0 Å². The van der Waals surface area contributed by atoms with Crippen LogP contribution in [0.3, 0.4) is 0 Å². The van der Waals surface area contributed by atoms with E-state index in [1.165, 1.54) is 57.8 Å². The normalized spacial score (nSPS) is 16.1. The first-order valence-corrected chi connectivity index (χ1v) is 9.97. The summed E-state index contributed by atoms with van der Waals surface area (Å²) in [4.78, 5) is 22.6. The Balaban J connectivity index is 1.86. The Kier molecular flexibility index (Phi) is 11.6. The second-order valence-corrected chi connectivity index (χ2v) is 7.42. The van der Waals surface area contributed by atoms with Crippen molar-refractivity contribution in [3.8, 4) is 0 Å². The molecule has 0 aromatic rings. The lowest BCUT2D eigenvalue weighted by Crippen LogP contribution is -2.20. The van der Waals surface area contributed by atoms with Crippen molar-refractivity contribution >= 4 is 11.9 Å². The van der Waals surface area contributed by atoms with Crippen molar-refractivity contribution in [3.05, 3.63) is 0 Å². The van der Waals surface area contributed by atoms with Gasteiger partial charge < -0.3 is 9.47 Å². The van der Waals surface area contributed by atoms with Crippen molar-refractivity contribution in [3.63, 3.8) is 0 Å². The minimum absolute atomic E-state index is 0.146. The summed E-state index contributed by atoms with van der Waals surface area (Å²) in [6.07, 6.45) is 14.4. The molecule has 0 aliphatic carbocycles. The number of cyclic esters (lactones) is 2. The molecule has 140 valence electrons. The van der Waals surface area contributed by atoms with Gasteiger partial charge in [-0.1, -0.05) is 78.1 Å². The number of esters is 2. The molecule has 1 aliphatic rings. The Morgan fingerprint density at radius 1 is 0.750 bits per heavy atom. The fraction of sp³-hybridized carbons (Fsp3) is 0.900. The van der Waals surface area contributed by atoms with Crippen LogP contribution in [0, 0.1) is 5.92 Å². The lowest BCUT2D eigenvalue weighted by Gasteiger charge is -2.14. The molecule has 0 amide bonds. The largest absolute Gasteiger partial charge is 0.425 e. The minimum Gasteiger partial charge on any atom is -0.425 e. The topological polar surface area (TPSA) is 52.6 Å². The number of carbonyl (C=O) groups excluding carboxylic acids is 2. The van der Waals surface area contributed by atoms with Crippen LogP contribution >= 0.6 is 0 Å². The number of carbonyl (C=O) groups is 2. The lowest BCUT2D eigenvalue weighted by molar-refractivity contribution is -0.181. The van der Waals surface area contributed by atoms with E-state index in [1.807, 2.05) is 0 Å². The van der Waals surface area contributed by atoms with Crippen molar-refractivity contribution in [2.45, 2.75) is 110 Å². The van der Waals surface area contributed by atoms with Crippen LogP contribution in [0.5, 0.6) is 0 Å². The highest BCUT2D eigenvalue weighted by Gasteiger charge is 2.23. The maximum atomic E-state index is 11.3. The molecule has 1 saturated heterocycles. The van der Waals surface area contributed by atoms with Crippen LogP contribution in [0.2, 0.25) is 0 Å². The molecule has 0 radical (unpaired) electrons. The van der Waals surface area contributed by atoms with E-state index in [4.69, 9.17) is 9.47 Å². The Hall–Kier alpha value is -1.06. The Morgan fingerprint density at radius 3 is 1.62 bits per heavy atom. The number of rotatable bonds is 13. The van der Waals surface area contributed by atoms with Gasteiger partial charge in [0.15, 0.2) is 0 Å². The molecule has 1 fully saturated rings. The van der Waals surface area contributed by atoms with Crippen LogP contribution in [-0.4, -0.2) is 18.2 Å². The standard InChI is InChI=1S/C20H36O4/c1-17(2)13-11-9-7-5-3-4-6-8-10-12-14-20-23-18(21)15-16-19(22)24-20/h17,20H,3-16H2,1-2H3. The van der Waals surface area contributed by atoms with Gasteiger partial charge in [0, 0.05) is 6.42 Å². The second kappa shape index (κ2) is 13.3.